The molecule has 2 aliphatic heterocycles. The van der Waals surface area contributed by atoms with Gasteiger partial charge in [0.15, 0.2) is 0 Å². The van der Waals surface area contributed by atoms with Crippen molar-refractivity contribution in [3.63, 3.8) is 0 Å². The molecular formula is C12H14ClNO2. The maximum absolute atomic E-state index is 5.88. The monoisotopic (exact) mass is 239 g/mol. The summed E-state index contributed by atoms with van der Waals surface area (Å²) in [6.45, 7) is 3.66. The van der Waals surface area contributed by atoms with Crippen molar-refractivity contribution >= 4 is 17.3 Å². The minimum absolute atomic E-state index is 0.398. The van der Waals surface area contributed by atoms with Crippen LogP contribution in [0.5, 0.6) is 0 Å². The van der Waals surface area contributed by atoms with E-state index in [1.165, 1.54) is 5.69 Å². The van der Waals surface area contributed by atoms with Gasteiger partial charge in [0.1, 0.15) is 0 Å². The van der Waals surface area contributed by atoms with Crippen LogP contribution in [0.2, 0.25) is 5.02 Å². The van der Waals surface area contributed by atoms with Gasteiger partial charge >= 0.3 is 0 Å². The topological polar surface area (TPSA) is 28.3 Å². The third-order valence-electron chi connectivity index (χ3n) is 2.84. The Morgan fingerprint density at radius 3 is 2.00 bits per heavy atom. The molecule has 4 heteroatoms. The summed E-state index contributed by atoms with van der Waals surface area (Å²) in [7, 11) is 0. The largest absolute Gasteiger partial charge is 0.371 e. The third-order valence-corrected chi connectivity index (χ3v) is 3.10. The molecule has 2 saturated heterocycles. The van der Waals surface area contributed by atoms with Gasteiger partial charge in [0, 0.05) is 23.8 Å². The smallest absolute Gasteiger partial charge is 0.0984 e. The Kier molecular flexibility index (Phi) is 2.75. The van der Waals surface area contributed by atoms with Gasteiger partial charge in [0.25, 0.3) is 0 Å². The first-order valence-electron chi connectivity index (χ1n) is 5.55. The number of ether oxygens (including phenoxy) is 2. The van der Waals surface area contributed by atoms with Crippen molar-refractivity contribution in [2.24, 2.45) is 0 Å². The number of benzene rings is 1. The van der Waals surface area contributed by atoms with Crippen LogP contribution in [-0.4, -0.2) is 38.5 Å². The van der Waals surface area contributed by atoms with Crippen molar-refractivity contribution in [1.82, 2.24) is 0 Å². The Hall–Kier alpha value is -0.770. The zero-order valence-electron chi connectivity index (χ0n) is 8.93. The Labute approximate surface area is 99.9 Å². The van der Waals surface area contributed by atoms with Gasteiger partial charge in [0.05, 0.1) is 25.4 Å². The van der Waals surface area contributed by atoms with Crippen molar-refractivity contribution in [1.29, 1.82) is 0 Å². The van der Waals surface area contributed by atoms with Crippen molar-refractivity contribution < 1.29 is 9.47 Å². The zero-order chi connectivity index (χ0) is 11.0. The van der Waals surface area contributed by atoms with E-state index in [0.717, 1.165) is 31.3 Å². The summed E-state index contributed by atoms with van der Waals surface area (Å²) in [4.78, 5) is 2.31. The Morgan fingerprint density at radius 2 is 1.56 bits per heavy atom. The van der Waals surface area contributed by atoms with Crippen LogP contribution in [0, 0.1) is 0 Å². The third kappa shape index (κ3) is 2.67. The molecule has 0 radical (unpaired) electrons. The van der Waals surface area contributed by atoms with Gasteiger partial charge in [-0.2, -0.15) is 0 Å². The minimum atomic E-state index is 0.398. The van der Waals surface area contributed by atoms with E-state index in [-0.39, 0.29) is 0 Å². The molecule has 3 nitrogen and oxygen atoms in total. The van der Waals surface area contributed by atoms with Crippen molar-refractivity contribution in [3.8, 4) is 0 Å². The number of nitrogens with zero attached hydrogens (tertiary/aromatic N) is 1. The molecule has 1 aromatic carbocycles. The molecule has 16 heavy (non-hydrogen) atoms. The predicted octanol–water partition coefficient (Wildman–Crippen LogP) is 1.94. The number of anilines is 1. The lowest BCUT2D eigenvalue weighted by Gasteiger charge is -2.23. The molecule has 0 spiro atoms. The maximum Gasteiger partial charge on any atom is 0.0984 e. The molecule has 2 aliphatic rings. The van der Waals surface area contributed by atoms with Crippen LogP contribution in [0.15, 0.2) is 24.3 Å². The van der Waals surface area contributed by atoms with Crippen LogP contribution < -0.4 is 4.90 Å². The molecule has 0 aromatic heterocycles. The Balaban J connectivity index is 1.71. The van der Waals surface area contributed by atoms with Crippen LogP contribution in [0.25, 0.3) is 0 Å². The van der Waals surface area contributed by atoms with Gasteiger partial charge in [-0.05, 0) is 24.3 Å². The second kappa shape index (κ2) is 4.24. The highest BCUT2D eigenvalue weighted by molar-refractivity contribution is 6.30. The Bertz CT molecular complexity index is 346. The predicted molar refractivity (Wildman–Crippen MR) is 63.1 cm³/mol. The number of rotatable bonds is 5. The molecular weight excluding hydrogens is 226 g/mol. The van der Waals surface area contributed by atoms with Crippen molar-refractivity contribution in [3.05, 3.63) is 29.3 Å². The highest BCUT2D eigenvalue weighted by Crippen LogP contribution is 2.23. The van der Waals surface area contributed by atoms with Gasteiger partial charge in [-0.15, -0.1) is 0 Å². The summed E-state index contributed by atoms with van der Waals surface area (Å²) in [6, 6.07) is 7.94. The van der Waals surface area contributed by atoms with Crippen molar-refractivity contribution in [2.45, 2.75) is 12.2 Å². The molecule has 3 rings (SSSR count). The molecule has 0 unspecified atom stereocenters. The fourth-order valence-corrected chi connectivity index (χ4v) is 1.90. The summed E-state index contributed by atoms with van der Waals surface area (Å²) >= 11 is 5.88. The van der Waals surface area contributed by atoms with Crippen LogP contribution in [-0.2, 0) is 9.47 Å². The average molecular weight is 240 g/mol. The number of hydrogen-bond donors (Lipinski definition) is 0. The van der Waals surface area contributed by atoms with Crippen molar-refractivity contribution in [2.75, 3.05) is 31.2 Å². The zero-order valence-corrected chi connectivity index (χ0v) is 9.69. The molecule has 1 aromatic rings. The highest BCUT2D eigenvalue weighted by Gasteiger charge is 2.30. The molecule has 0 aliphatic carbocycles. The summed E-state index contributed by atoms with van der Waals surface area (Å²) in [6.07, 6.45) is 0.795. The minimum Gasteiger partial charge on any atom is -0.371 e. The fraction of sp³-hybridized carbons (Fsp3) is 0.500. The van der Waals surface area contributed by atoms with Crippen LogP contribution >= 0.6 is 11.6 Å². The van der Waals surface area contributed by atoms with Crippen LogP contribution in [0.3, 0.4) is 0 Å². The average Bonchev–Trinajstić information content (AvgIpc) is 3.12. The summed E-state index contributed by atoms with van der Waals surface area (Å²) in [5.74, 6) is 0. The van der Waals surface area contributed by atoms with E-state index in [0.29, 0.717) is 12.2 Å². The van der Waals surface area contributed by atoms with Crippen LogP contribution in [0.4, 0.5) is 5.69 Å². The van der Waals surface area contributed by atoms with E-state index in [4.69, 9.17) is 21.1 Å². The van der Waals surface area contributed by atoms with Gasteiger partial charge in [-0.25, -0.2) is 0 Å². The van der Waals surface area contributed by atoms with Gasteiger partial charge < -0.3 is 14.4 Å². The van der Waals surface area contributed by atoms with Gasteiger partial charge in [-0.1, -0.05) is 11.6 Å². The molecule has 0 saturated carbocycles. The molecule has 0 N–H and O–H groups in total. The molecule has 2 fully saturated rings. The molecule has 86 valence electrons. The normalized spacial score (nSPS) is 26.6. The van der Waals surface area contributed by atoms with Gasteiger partial charge in [-0.3, -0.25) is 0 Å². The molecule has 0 amide bonds. The SMILES string of the molecule is Clc1ccc(N(C[C@H]2CO2)C[C@@H]2CO2)cc1. The van der Waals surface area contributed by atoms with Gasteiger partial charge in [0.2, 0.25) is 0 Å². The molecule has 2 heterocycles. The lowest BCUT2D eigenvalue weighted by molar-refractivity contribution is 0.389. The number of halogens is 1. The lowest BCUT2D eigenvalue weighted by Crippen LogP contribution is -2.31. The second-order valence-corrected chi connectivity index (χ2v) is 4.73. The first kappa shape index (κ1) is 10.4. The summed E-state index contributed by atoms with van der Waals surface area (Å²) in [5, 5.41) is 0.772. The first-order valence-corrected chi connectivity index (χ1v) is 5.93. The number of hydrogen-bond acceptors (Lipinski definition) is 3. The Morgan fingerprint density at radius 1 is 1.06 bits per heavy atom. The lowest BCUT2D eigenvalue weighted by atomic mass is 10.2. The fourth-order valence-electron chi connectivity index (χ4n) is 1.78. The first-order chi connectivity index (χ1) is 7.81. The van der Waals surface area contributed by atoms with E-state index < -0.39 is 0 Å². The maximum atomic E-state index is 5.88. The van der Waals surface area contributed by atoms with E-state index in [1.807, 2.05) is 24.3 Å². The number of epoxide rings is 2. The quantitative estimate of drug-likeness (QED) is 0.736. The summed E-state index contributed by atoms with van der Waals surface area (Å²) in [5.41, 5.74) is 1.19. The van der Waals surface area contributed by atoms with Crippen LogP contribution in [0.1, 0.15) is 0 Å². The summed E-state index contributed by atoms with van der Waals surface area (Å²) < 4.78 is 10.6. The molecule has 2 atom stereocenters. The standard InChI is InChI=1S/C12H14ClNO2/c13-9-1-3-10(4-2-9)14(5-11-7-15-11)6-12-8-16-12/h1-4,11-12H,5-8H2/t11-,12+. The van der Waals surface area contributed by atoms with E-state index in [1.54, 1.807) is 0 Å². The van der Waals surface area contributed by atoms with E-state index in [9.17, 15) is 0 Å². The highest BCUT2D eigenvalue weighted by atomic mass is 35.5. The van der Waals surface area contributed by atoms with E-state index >= 15 is 0 Å². The molecule has 0 bridgehead atoms. The second-order valence-electron chi connectivity index (χ2n) is 4.29. The van der Waals surface area contributed by atoms with E-state index in [2.05, 4.69) is 4.90 Å².